The topological polar surface area (TPSA) is 58.2 Å². The number of fused-ring (bicyclic) bond motifs is 1. The second-order valence-electron chi connectivity index (χ2n) is 7.03. The molecule has 0 spiro atoms. The Hall–Kier alpha value is -3.57. The van der Waals surface area contributed by atoms with E-state index in [-0.39, 0.29) is 11.9 Å². The molecule has 0 radical (unpaired) electrons. The molecule has 0 aliphatic carbocycles. The number of halogens is 1. The van der Waals surface area contributed by atoms with E-state index in [0.29, 0.717) is 22.2 Å². The van der Waals surface area contributed by atoms with Crippen LogP contribution in [0.4, 0.5) is 5.69 Å². The van der Waals surface area contributed by atoms with Gasteiger partial charge in [-0.15, -0.1) is 0 Å². The third kappa shape index (κ3) is 2.86. The van der Waals surface area contributed by atoms with Crippen LogP contribution < -0.4 is 9.64 Å². The maximum atomic E-state index is 13.5. The maximum Gasteiger partial charge on any atom is 0.277 e. The van der Waals surface area contributed by atoms with Crippen molar-refractivity contribution >= 4 is 23.2 Å². The highest BCUT2D eigenvalue weighted by Crippen LogP contribution is 2.47. The Kier molecular flexibility index (Phi) is 4.52. The van der Waals surface area contributed by atoms with E-state index in [4.69, 9.17) is 16.3 Å². The molecule has 1 unspecified atom stereocenters. The van der Waals surface area contributed by atoms with Gasteiger partial charge in [-0.3, -0.25) is 14.8 Å². The van der Waals surface area contributed by atoms with Crippen LogP contribution in [0.3, 0.4) is 0 Å². The van der Waals surface area contributed by atoms with Gasteiger partial charge < -0.3 is 4.74 Å². The molecule has 0 fully saturated rings. The molecule has 148 valence electrons. The van der Waals surface area contributed by atoms with Gasteiger partial charge in [-0.05, 0) is 29.8 Å². The summed E-state index contributed by atoms with van der Waals surface area (Å²) < 4.78 is 5.56. The van der Waals surface area contributed by atoms with Crippen LogP contribution in [0.15, 0.2) is 78.9 Å². The monoisotopic (exact) mass is 415 g/mol. The number of carbonyl (C=O) groups excluding carboxylic acids is 1. The molecule has 1 aromatic heterocycles. The maximum absolute atomic E-state index is 13.5. The fraction of sp³-hybridized carbons (Fsp3) is 0.0833. The number of nitrogens with one attached hydrogen (secondary N) is 1. The van der Waals surface area contributed by atoms with Crippen molar-refractivity contribution in [2.24, 2.45) is 0 Å². The van der Waals surface area contributed by atoms with Crippen LogP contribution in [0, 0.1) is 0 Å². The number of amides is 1. The number of aromatic amines is 1. The van der Waals surface area contributed by atoms with Gasteiger partial charge in [0.15, 0.2) is 0 Å². The lowest BCUT2D eigenvalue weighted by Crippen LogP contribution is -2.29. The van der Waals surface area contributed by atoms with Gasteiger partial charge in [0.2, 0.25) is 0 Å². The molecule has 1 atom stereocenters. The van der Waals surface area contributed by atoms with Crippen LogP contribution in [0.1, 0.15) is 27.7 Å². The highest BCUT2D eigenvalue weighted by molar-refractivity contribution is 6.30. The highest BCUT2D eigenvalue weighted by atomic mass is 35.5. The second-order valence-corrected chi connectivity index (χ2v) is 7.46. The van der Waals surface area contributed by atoms with E-state index in [2.05, 4.69) is 10.2 Å². The Morgan fingerprint density at radius 2 is 1.67 bits per heavy atom. The number of para-hydroxylation sites is 2. The fourth-order valence-electron chi connectivity index (χ4n) is 4.00. The summed E-state index contributed by atoms with van der Waals surface area (Å²) in [6.45, 7) is 0. The Morgan fingerprint density at radius 3 is 2.40 bits per heavy atom. The number of hydrogen-bond donors (Lipinski definition) is 1. The lowest BCUT2D eigenvalue weighted by Gasteiger charge is -2.27. The zero-order valence-corrected chi connectivity index (χ0v) is 16.9. The van der Waals surface area contributed by atoms with Crippen molar-refractivity contribution in [1.29, 1.82) is 0 Å². The quantitative estimate of drug-likeness (QED) is 0.479. The van der Waals surface area contributed by atoms with Crippen LogP contribution in [-0.4, -0.2) is 23.2 Å². The number of ether oxygens (including phenoxy) is 1. The number of nitrogens with zero attached hydrogens (tertiary/aromatic N) is 2. The van der Waals surface area contributed by atoms with E-state index < -0.39 is 0 Å². The third-order valence-electron chi connectivity index (χ3n) is 5.35. The molecule has 1 aliphatic heterocycles. The highest BCUT2D eigenvalue weighted by Gasteiger charge is 2.43. The Bertz CT molecular complexity index is 1220. The van der Waals surface area contributed by atoms with Crippen LogP contribution in [-0.2, 0) is 0 Å². The van der Waals surface area contributed by atoms with Gasteiger partial charge in [-0.1, -0.05) is 66.2 Å². The SMILES string of the molecule is COc1ccccc1N1C(=O)c2[nH]nc(-c3ccccc3)c2C1c1ccc(Cl)cc1. The number of H-pyrrole nitrogens is 1. The molecule has 30 heavy (non-hydrogen) atoms. The summed E-state index contributed by atoms with van der Waals surface area (Å²) in [4.78, 5) is 15.3. The molecule has 5 nitrogen and oxygen atoms in total. The molecule has 2 heterocycles. The van der Waals surface area contributed by atoms with E-state index in [0.717, 1.165) is 22.4 Å². The summed E-state index contributed by atoms with van der Waals surface area (Å²) in [6.07, 6.45) is 0. The van der Waals surface area contributed by atoms with Crippen molar-refractivity contribution in [1.82, 2.24) is 10.2 Å². The molecule has 1 aliphatic rings. The van der Waals surface area contributed by atoms with Crippen molar-refractivity contribution in [2.75, 3.05) is 12.0 Å². The minimum Gasteiger partial charge on any atom is -0.495 e. The number of anilines is 1. The van der Waals surface area contributed by atoms with Gasteiger partial charge in [0.1, 0.15) is 11.4 Å². The number of methoxy groups -OCH3 is 1. The minimum absolute atomic E-state index is 0.149. The molecule has 1 N–H and O–H groups in total. The van der Waals surface area contributed by atoms with Crippen molar-refractivity contribution in [3.63, 3.8) is 0 Å². The predicted octanol–water partition coefficient (Wildman–Crippen LogP) is 5.49. The average Bonchev–Trinajstić information content (AvgIpc) is 3.34. The lowest BCUT2D eigenvalue weighted by molar-refractivity contribution is 0.0988. The summed E-state index contributed by atoms with van der Waals surface area (Å²) in [6, 6.07) is 24.6. The first-order valence-electron chi connectivity index (χ1n) is 9.54. The van der Waals surface area contributed by atoms with Crippen LogP contribution >= 0.6 is 11.6 Å². The van der Waals surface area contributed by atoms with Crippen LogP contribution in [0.25, 0.3) is 11.3 Å². The number of rotatable bonds is 4. The summed E-state index contributed by atoms with van der Waals surface area (Å²) in [7, 11) is 1.60. The zero-order chi connectivity index (χ0) is 20.7. The van der Waals surface area contributed by atoms with E-state index >= 15 is 0 Å². The van der Waals surface area contributed by atoms with Crippen molar-refractivity contribution in [3.8, 4) is 17.0 Å². The Morgan fingerprint density at radius 1 is 0.967 bits per heavy atom. The van der Waals surface area contributed by atoms with Gasteiger partial charge >= 0.3 is 0 Å². The van der Waals surface area contributed by atoms with Gasteiger partial charge in [-0.25, -0.2) is 0 Å². The second kappa shape index (κ2) is 7.35. The molecule has 0 bridgehead atoms. The smallest absolute Gasteiger partial charge is 0.277 e. The number of aromatic nitrogens is 2. The molecule has 0 saturated heterocycles. The normalized spacial score (nSPS) is 15.3. The molecule has 4 aromatic rings. The van der Waals surface area contributed by atoms with Crippen molar-refractivity contribution in [2.45, 2.75) is 6.04 Å². The van der Waals surface area contributed by atoms with Crippen LogP contribution in [0.2, 0.25) is 5.02 Å². The van der Waals surface area contributed by atoms with Crippen molar-refractivity contribution < 1.29 is 9.53 Å². The lowest BCUT2D eigenvalue weighted by atomic mass is 9.96. The number of benzene rings is 3. The largest absolute Gasteiger partial charge is 0.495 e. The minimum atomic E-state index is -0.366. The predicted molar refractivity (Wildman–Crippen MR) is 117 cm³/mol. The van der Waals surface area contributed by atoms with Gasteiger partial charge in [0, 0.05) is 16.1 Å². The molecule has 0 saturated carbocycles. The summed E-state index contributed by atoms with van der Waals surface area (Å²) >= 11 is 6.14. The first-order valence-corrected chi connectivity index (χ1v) is 9.92. The van der Waals surface area contributed by atoms with E-state index in [1.807, 2.05) is 78.9 Å². The summed E-state index contributed by atoms with van der Waals surface area (Å²) in [5.41, 5.74) is 4.68. The fourth-order valence-corrected chi connectivity index (χ4v) is 4.13. The molecule has 6 heteroatoms. The van der Waals surface area contributed by atoms with E-state index in [1.165, 1.54) is 0 Å². The van der Waals surface area contributed by atoms with Gasteiger partial charge in [0.25, 0.3) is 5.91 Å². The molecule has 3 aromatic carbocycles. The van der Waals surface area contributed by atoms with Crippen LogP contribution in [0.5, 0.6) is 5.75 Å². The average molecular weight is 416 g/mol. The van der Waals surface area contributed by atoms with Gasteiger partial charge in [0.05, 0.1) is 24.5 Å². The third-order valence-corrected chi connectivity index (χ3v) is 5.60. The Labute approximate surface area is 178 Å². The number of carbonyl (C=O) groups is 1. The number of hydrogen-bond acceptors (Lipinski definition) is 3. The van der Waals surface area contributed by atoms with Gasteiger partial charge in [-0.2, -0.15) is 5.10 Å². The van der Waals surface area contributed by atoms with E-state index in [1.54, 1.807) is 12.0 Å². The van der Waals surface area contributed by atoms with Crippen molar-refractivity contribution in [3.05, 3.63) is 101 Å². The first kappa shape index (κ1) is 18.5. The molecular weight excluding hydrogens is 398 g/mol. The van der Waals surface area contributed by atoms with E-state index in [9.17, 15) is 4.79 Å². The summed E-state index contributed by atoms with van der Waals surface area (Å²) in [5, 5.41) is 8.11. The molecule has 1 amide bonds. The molecular formula is C24H18ClN3O2. The molecule has 5 rings (SSSR count). The first-order chi connectivity index (χ1) is 14.7. The standard InChI is InChI=1S/C24H18ClN3O2/c1-30-19-10-6-5-9-18(19)28-23(16-11-13-17(25)14-12-16)20-21(15-7-3-2-4-8-15)26-27-22(20)24(28)29/h2-14,23H,1H3,(H,26,27). The zero-order valence-electron chi connectivity index (χ0n) is 16.2. The Balaban J connectivity index is 1.75. The summed E-state index contributed by atoms with van der Waals surface area (Å²) in [5.74, 6) is 0.480.